The molecule has 0 aliphatic carbocycles. The van der Waals surface area contributed by atoms with E-state index in [2.05, 4.69) is 67.7 Å². The molecule has 1 unspecified atom stereocenters. The Kier molecular flexibility index (Phi) is 5.97. The number of hydrogen-bond donors (Lipinski definition) is 2. The summed E-state index contributed by atoms with van der Waals surface area (Å²) in [5, 5.41) is 3.54. The lowest BCUT2D eigenvalue weighted by Gasteiger charge is -2.18. The van der Waals surface area contributed by atoms with E-state index in [0.29, 0.717) is 12.5 Å². The van der Waals surface area contributed by atoms with E-state index in [4.69, 9.17) is 5.73 Å². The Morgan fingerprint density at radius 2 is 1.57 bits per heavy atom. The molecule has 2 rings (SSSR count). The molecule has 0 amide bonds. The first-order valence-corrected chi connectivity index (χ1v) is 7.75. The summed E-state index contributed by atoms with van der Waals surface area (Å²) in [6, 6.07) is 19.5. The highest BCUT2D eigenvalue weighted by atomic mass is 14.9. The van der Waals surface area contributed by atoms with Crippen molar-refractivity contribution < 1.29 is 0 Å². The average molecular weight is 282 g/mol. The summed E-state index contributed by atoms with van der Waals surface area (Å²) in [7, 11) is 0. The van der Waals surface area contributed by atoms with E-state index in [1.54, 1.807) is 0 Å². The first-order chi connectivity index (χ1) is 10.2. The van der Waals surface area contributed by atoms with Crippen LogP contribution in [-0.2, 0) is 13.0 Å². The summed E-state index contributed by atoms with van der Waals surface area (Å²) in [5.41, 5.74) is 9.87. The number of rotatable bonds is 7. The molecule has 3 N–H and O–H groups in total. The van der Waals surface area contributed by atoms with E-state index in [9.17, 15) is 0 Å². The van der Waals surface area contributed by atoms with Gasteiger partial charge in [-0.1, -0.05) is 68.4 Å². The third-order valence-electron chi connectivity index (χ3n) is 3.66. The second-order valence-corrected chi connectivity index (χ2v) is 5.99. The second kappa shape index (κ2) is 7.96. The van der Waals surface area contributed by atoms with Crippen molar-refractivity contribution in [2.75, 3.05) is 6.54 Å². The predicted molar refractivity (Wildman–Crippen MR) is 90.1 cm³/mol. The monoisotopic (exact) mass is 282 g/mol. The van der Waals surface area contributed by atoms with E-state index in [0.717, 1.165) is 13.0 Å². The molecule has 0 saturated heterocycles. The van der Waals surface area contributed by atoms with E-state index in [1.807, 2.05) is 6.07 Å². The summed E-state index contributed by atoms with van der Waals surface area (Å²) >= 11 is 0. The highest BCUT2D eigenvalue weighted by Crippen LogP contribution is 2.16. The lowest BCUT2D eigenvalue weighted by molar-refractivity contribution is 0.541. The number of nitrogens with one attached hydrogen (secondary N) is 1. The summed E-state index contributed by atoms with van der Waals surface area (Å²) in [4.78, 5) is 0. The van der Waals surface area contributed by atoms with Crippen LogP contribution in [0.15, 0.2) is 54.6 Å². The topological polar surface area (TPSA) is 38.0 Å². The Labute approximate surface area is 128 Å². The summed E-state index contributed by atoms with van der Waals surface area (Å²) < 4.78 is 0. The van der Waals surface area contributed by atoms with Gasteiger partial charge >= 0.3 is 0 Å². The fourth-order valence-electron chi connectivity index (χ4n) is 2.53. The van der Waals surface area contributed by atoms with Gasteiger partial charge in [-0.3, -0.25) is 0 Å². The molecule has 21 heavy (non-hydrogen) atoms. The van der Waals surface area contributed by atoms with E-state index in [-0.39, 0.29) is 6.04 Å². The molecule has 0 aromatic heterocycles. The maximum Gasteiger partial charge on any atom is 0.0447 e. The minimum Gasteiger partial charge on any atom is -0.329 e. The Morgan fingerprint density at radius 1 is 0.905 bits per heavy atom. The smallest absolute Gasteiger partial charge is 0.0447 e. The molecule has 2 aromatic carbocycles. The second-order valence-electron chi connectivity index (χ2n) is 5.99. The van der Waals surface area contributed by atoms with Crippen LogP contribution in [0.2, 0.25) is 0 Å². The van der Waals surface area contributed by atoms with Crippen LogP contribution in [0.25, 0.3) is 0 Å². The number of nitrogens with two attached hydrogens (primary N) is 1. The zero-order valence-electron chi connectivity index (χ0n) is 13.0. The van der Waals surface area contributed by atoms with E-state index < -0.39 is 0 Å². The third-order valence-corrected chi connectivity index (χ3v) is 3.66. The standard InChI is InChI=1S/C19H26N2/c1-15(2)12-16-8-10-18(11-9-16)19(13-20)21-14-17-6-4-3-5-7-17/h3-11,15,19,21H,12-14,20H2,1-2H3. The molecule has 2 aromatic rings. The Hall–Kier alpha value is -1.64. The van der Waals surface area contributed by atoms with Gasteiger partial charge in [-0.15, -0.1) is 0 Å². The molecule has 0 spiro atoms. The Bertz CT molecular complexity index is 517. The highest BCUT2D eigenvalue weighted by Gasteiger charge is 2.09. The maximum absolute atomic E-state index is 5.93. The molecule has 0 heterocycles. The predicted octanol–water partition coefficient (Wildman–Crippen LogP) is 3.67. The van der Waals surface area contributed by atoms with Crippen molar-refractivity contribution in [3.05, 3.63) is 71.3 Å². The summed E-state index contributed by atoms with van der Waals surface area (Å²) in [5.74, 6) is 0.692. The van der Waals surface area contributed by atoms with Gasteiger partial charge in [0.2, 0.25) is 0 Å². The molecule has 0 fully saturated rings. The number of hydrogen-bond acceptors (Lipinski definition) is 2. The normalized spacial score (nSPS) is 12.6. The van der Waals surface area contributed by atoms with Gasteiger partial charge in [-0.25, -0.2) is 0 Å². The quantitative estimate of drug-likeness (QED) is 0.813. The molecule has 0 saturated carbocycles. The lowest BCUT2D eigenvalue weighted by Crippen LogP contribution is -2.27. The van der Waals surface area contributed by atoms with Crippen molar-refractivity contribution >= 4 is 0 Å². The van der Waals surface area contributed by atoms with Crippen molar-refractivity contribution in [3.63, 3.8) is 0 Å². The zero-order chi connectivity index (χ0) is 15.1. The minimum absolute atomic E-state index is 0.207. The van der Waals surface area contributed by atoms with E-state index in [1.165, 1.54) is 16.7 Å². The Balaban J connectivity index is 1.97. The molecule has 0 radical (unpaired) electrons. The van der Waals surface area contributed by atoms with Crippen molar-refractivity contribution in [3.8, 4) is 0 Å². The molecule has 0 aliphatic heterocycles. The largest absolute Gasteiger partial charge is 0.329 e. The average Bonchev–Trinajstić information content (AvgIpc) is 2.50. The van der Waals surface area contributed by atoms with Crippen molar-refractivity contribution in [1.82, 2.24) is 5.32 Å². The van der Waals surface area contributed by atoms with Gasteiger partial charge in [0.05, 0.1) is 0 Å². The van der Waals surface area contributed by atoms with Crippen molar-refractivity contribution in [2.45, 2.75) is 32.9 Å². The van der Waals surface area contributed by atoms with Gasteiger partial charge < -0.3 is 11.1 Å². The van der Waals surface area contributed by atoms with Crippen LogP contribution in [0.4, 0.5) is 0 Å². The van der Waals surface area contributed by atoms with Gasteiger partial charge in [0, 0.05) is 19.1 Å². The highest BCUT2D eigenvalue weighted by molar-refractivity contribution is 5.26. The first kappa shape index (κ1) is 15.7. The first-order valence-electron chi connectivity index (χ1n) is 7.75. The molecule has 112 valence electrons. The lowest BCUT2D eigenvalue weighted by atomic mass is 9.99. The van der Waals surface area contributed by atoms with E-state index >= 15 is 0 Å². The van der Waals surface area contributed by atoms with Crippen molar-refractivity contribution in [1.29, 1.82) is 0 Å². The fraction of sp³-hybridized carbons (Fsp3) is 0.368. The van der Waals surface area contributed by atoms with Crippen LogP contribution in [0.3, 0.4) is 0 Å². The van der Waals surface area contributed by atoms with Gasteiger partial charge in [0.15, 0.2) is 0 Å². The van der Waals surface area contributed by atoms with Gasteiger partial charge in [0.25, 0.3) is 0 Å². The van der Waals surface area contributed by atoms with Crippen LogP contribution in [0.1, 0.15) is 36.6 Å². The van der Waals surface area contributed by atoms with Gasteiger partial charge in [0.1, 0.15) is 0 Å². The molecular weight excluding hydrogens is 256 g/mol. The summed E-state index contributed by atoms with van der Waals surface area (Å²) in [6.45, 7) is 5.95. The molecule has 0 bridgehead atoms. The maximum atomic E-state index is 5.93. The van der Waals surface area contributed by atoms with Gasteiger partial charge in [-0.2, -0.15) is 0 Å². The molecule has 2 nitrogen and oxygen atoms in total. The van der Waals surface area contributed by atoms with Crippen LogP contribution in [-0.4, -0.2) is 6.54 Å². The zero-order valence-corrected chi connectivity index (χ0v) is 13.0. The molecule has 1 atom stereocenters. The minimum atomic E-state index is 0.207. The SMILES string of the molecule is CC(C)Cc1ccc(C(CN)NCc2ccccc2)cc1. The summed E-state index contributed by atoms with van der Waals surface area (Å²) in [6.07, 6.45) is 1.13. The van der Waals surface area contributed by atoms with Crippen LogP contribution in [0, 0.1) is 5.92 Å². The third kappa shape index (κ3) is 5.00. The van der Waals surface area contributed by atoms with Gasteiger partial charge in [-0.05, 0) is 29.0 Å². The van der Waals surface area contributed by atoms with Crippen LogP contribution < -0.4 is 11.1 Å². The molecular formula is C19H26N2. The molecule has 0 aliphatic rings. The number of benzene rings is 2. The molecule has 2 heteroatoms. The van der Waals surface area contributed by atoms with Crippen LogP contribution >= 0.6 is 0 Å². The fourth-order valence-corrected chi connectivity index (χ4v) is 2.53. The van der Waals surface area contributed by atoms with Crippen LogP contribution in [0.5, 0.6) is 0 Å². The van der Waals surface area contributed by atoms with Crippen molar-refractivity contribution in [2.24, 2.45) is 11.7 Å². The Morgan fingerprint density at radius 3 is 2.14 bits per heavy atom.